The van der Waals surface area contributed by atoms with Crippen LogP contribution in [0.3, 0.4) is 0 Å². The molecule has 0 radical (unpaired) electrons. The van der Waals surface area contributed by atoms with Gasteiger partial charge in [-0.3, -0.25) is 14.5 Å². The maximum Gasteiger partial charge on any atom is 0.490 e. The van der Waals surface area contributed by atoms with Gasteiger partial charge in [-0.25, -0.2) is 18.7 Å². The normalized spacial score (nSPS) is 22.7. The van der Waals surface area contributed by atoms with Gasteiger partial charge < -0.3 is 19.7 Å². The SMILES string of the molecule is CC1(C)C2C(=O)N(Cc3cc4c(-c5cc(F)cc6ccn(CC7CNCCO7)c56)ncnn4c3)C(=O)C21.O=C(O)C(F)(F)F. The van der Waals surface area contributed by atoms with Gasteiger partial charge in [0.25, 0.3) is 0 Å². The van der Waals surface area contributed by atoms with Crippen molar-refractivity contribution in [1.82, 2.24) is 29.4 Å². The number of carboxylic acid groups (broad SMARTS) is 1. The Labute approximate surface area is 247 Å². The third-order valence-electron chi connectivity index (χ3n) is 8.42. The molecule has 4 aromatic rings. The van der Waals surface area contributed by atoms with Crippen LogP contribution in [-0.2, 0) is 32.2 Å². The molecule has 3 aromatic heterocycles. The molecule has 2 saturated heterocycles. The summed E-state index contributed by atoms with van der Waals surface area (Å²) in [5, 5.41) is 15.6. The third-order valence-corrected chi connectivity index (χ3v) is 8.42. The van der Waals surface area contributed by atoms with Gasteiger partial charge in [-0.1, -0.05) is 13.8 Å². The number of ether oxygens (including phenoxy) is 1. The zero-order valence-electron chi connectivity index (χ0n) is 23.6. The van der Waals surface area contributed by atoms with E-state index in [0.29, 0.717) is 29.9 Å². The summed E-state index contributed by atoms with van der Waals surface area (Å²) in [6.07, 6.45) is 0.117. The van der Waals surface area contributed by atoms with Crippen molar-refractivity contribution in [2.45, 2.75) is 39.2 Å². The highest BCUT2D eigenvalue weighted by Gasteiger charge is 2.72. The van der Waals surface area contributed by atoms with E-state index in [4.69, 9.17) is 14.6 Å². The monoisotopic (exact) mass is 616 g/mol. The van der Waals surface area contributed by atoms with Crippen molar-refractivity contribution in [3.8, 4) is 11.3 Å². The maximum absolute atomic E-state index is 14.7. The summed E-state index contributed by atoms with van der Waals surface area (Å²) in [7, 11) is 0. The number of aliphatic carboxylic acids is 1. The first kappa shape index (κ1) is 29.7. The number of carboxylic acids is 1. The first-order valence-corrected chi connectivity index (χ1v) is 13.9. The smallest absolute Gasteiger partial charge is 0.475 e. The molecule has 3 unspecified atom stereocenters. The van der Waals surface area contributed by atoms with Crippen molar-refractivity contribution < 1.29 is 41.8 Å². The second-order valence-corrected chi connectivity index (χ2v) is 11.7. The Morgan fingerprint density at radius 1 is 1.18 bits per heavy atom. The quantitative estimate of drug-likeness (QED) is 0.258. The number of imide groups is 1. The number of nitrogens with zero attached hydrogens (tertiary/aromatic N) is 5. The topological polar surface area (TPSA) is 131 Å². The lowest BCUT2D eigenvalue weighted by atomic mass is 10.1. The number of aromatic nitrogens is 4. The van der Waals surface area contributed by atoms with Crippen LogP contribution >= 0.6 is 0 Å². The second-order valence-electron chi connectivity index (χ2n) is 11.7. The van der Waals surface area contributed by atoms with E-state index >= 15 is 0 Å². The van der Waals surface area contributed by atoms with Crippen LogP contribution < -0.4 is 5.32 Å². The molecule has 15 heteroatoms. The molecular weight excluding hydrogens is 588 g/mol. The molecule has 1 aromatic carbocycles. The van der Waals surface area contributed by atoms with Crippen LogP contribution in [0.4, 0.5) is 17.6 Å². The van der Waals surface area contributed by atoms with Crippen molar-refractivity contribution in [2.24, 2.45) is 17.3 Å². The van der Waals surface area contributed by atoms with Crippen LogP contribution in [0.15, 0.2) is 43.0 Å². The van der Waals surface area contributed by atoms with Gasteiger partial charge in [0.15, 0.2) is 0 Å². The minimum atomic E-state index is -5.08. The Morgan fingerprint density at radius 2 is 1.89 bits per heavy atom. The fourth-order valence-corrected chi connectivity index (χ4v) is 6.22. The number of halogens is 4. The lowest BCUT2D eigenvalue weighted by Crippen LogP contribution is -2.40. The Bertz CT molecular complexity index is 1770. The Balaban J connectivity index is 0.000000441. The van der Waals surface area contributed by atoms with Crippen molar-refractivity contribution in [3.63, 3.8) is 0 Å². The number of rotatable bonds is 5. The highest BCUT2D eigenvalue weighted by molar-refractivity contribution is 6.10. The number of alkyl halides is 3. The number of carbonyl (C=O) groups is 3. The molecule has 0 spiro atoms. The summed E-state index contributed by atoms with van der Waals surface area (Å²) < 4.78 is 56.1. The average molecular weight is 617 g/mol. The number of hydrogen-bond donors (Lipinski definition) is 2. The standard InChI is InChI=1S/C27H27FN6O3.C2HF3O2/c1-27(2)21-22(27)26(36)33(25(21)35)11-15-7-20-23(30-14-31-34(20)12-15)19-9-17(28)8-16-3-5-32(24(16)19)13-18-10-29-4-6-37-18;3-2(4,5)1(6)7/h3,5,7-9,12,14,18,21-22,29H,4,6,10-11,13H2,1-2H3;(H,6,7). The first-order chi connectivity index (χ1) is 20.8. The molecule has 1 saturated carbocycles. The molecule has 3 aliphatic rings. The van der Waals surface area contributed by atoms with Gasteiger partial charge >= 0.3 is 12.1 Å². The number of amides is 2. The van der Waals surface area contributed by atoms with E-state index in [1.165, 1.54) is 23.4 Å². The van der Waals surface area contributed by atoms with Gasteiger partial charge in [0.1, 0.15) is 17.8 Å². The molecule has 2 amide bonds. The van der Waals surface area contributed by atoms with E-state index in [2.05, 4.69) is 20.0 Å². The Hall–Kier alpha value is -4.37. The van der Waals surface area contributed by atoms with E-state index in [1.807, 2.05) is 32.2 Å². The van der Waals surface area contributed by atoms with Gasteiger partial charge in [0.2, 0.25) is 11.8 Å². The van der Waals surface area contributed by atoms with E-state index in [-0.39, 0.29) is 47.5 Å². The Kier molecular flexibility index (Phi) is 7.19. The first-order valence-electron chi connectivity index (χ1n) is 13.9. The molecule has 5 heterocycles. The number of morpholine rings is 1. The number of carbonyl (C=O) groups excluding carboxylic acids is 2. The molecule has 3 atom stereocenters. The summed E-state index contributed by atoms with van der Waals surface area (Å²) in [6, 6.07) is 6.80. The molecule has 11 nitrogen and oxygen atoms in total. The molecule has 3 fully saturated rings. The lowest BCUT2D eigenvalue weighted by molar-refractivity contribution is -0.192. The second kappa shape index (κ2) is 10.7. The zero-order chi connectivity index (χ0) is 31.6. The fourth-order valence-electron chi connectivity index (χ4n) is 6.22. The number of hydrogen-bond acceptors (Lipinski definition) is 7. The number of likely N-dealkylation sites (tertiary alicyclic amines) is 1. The number of benzene rings is 1. The van der Waals surface area contributed by atoms with Crippen LogP contribution in [0, 0.1) is 23.1 Å². The molecule has 2 aliphatic heterocycles. The van der Waals surface area contributed by atoms with Crippen LogP contribution in [0.1, 0.15) is 19.4 Å². The summed E-state index contributed by atoms with van der Waals surface area (Å²) in [5.41, 5.74) is 3.30. The summed E-state index contributed by atoms with van der Waals surface area (Å²) in [6.45, 7) is 7.00. The van der Waals surface area contributed by atoms with Crippen molar-refractivity contribution in [2.75, 3.05) is 19.7 Å². The van der Waals surface area contributed by atoms with Gasteiger partial charge in [0.05, 0.1) is 48.7 Å². The molecule has 2 N–H and O–H groups in total. The third kappa shape index (κ3) is 5.19. The summed E-state index contributed by atoms with van der Waals surface area (Å²) >= 11 is 0. The molecule has 1 aliphatic carbocycles. The summed E-state index contributed by atoms with van der Waals surface area (Å²) in [5.74, 6) is -3.76. The predicted molar refractivity (Wildman–Crippen MR) is 146 cm³/mol. The van der Waals surface area contributed by atoms with Gasteiger partial charge in [-0.15, -0.1) is 0 Å². The van der Waals surface area contributed by atoms with E-state index < -0.39 is 12.1 Å². The van der Waals surface area contributed by atoms with Crippen molar-refractivity contribution in [3.05, 3.63) is 54.4 Å². The zero-order valence-corrected chi connectivity index (χ0v) is 23.6. The van der Waals surface area contributed by atoms with Gasteiger partial charge in [0, 0.05) is 36.4 Å². The Morgan fingerprint density at radius 3 is 2.52 bits per heavy atom. The fraction of sp³-hybridized carbons (Fsp3) is 0.414. The van der Waals surface area contributed by atoms with Crippen molar-refractivity contribution in [1.29, 1.82) is 0 Å². The van der Waals surface area contributed by atoms with E-state index in [0.717, 1.165) is 29.6 Å². The minimum Gasteiger partial charge on any atom is -0.475 e. The lowest BCUT2D eigenvalue weighted by Gasteiger charge is -2.24. The van der Waals surface area contributed by atoms with Gasteiger partial charge in [-0.05, 0) is 35.2 Å². The van der Waals surface area contributed by atoms with Gasteiger partial charge in [-0.2, -0.15) is 18.3 Å². The van der Waals surface area contributed by atoms with Crippen LogP contribution in [0.25, 0.3) is 27.7 Å². The number of fused-ring (bicyclic) bond motifs is 3. The number of nitrogens with one attached hydrogen (secondary N) is 1. The predicted octanol–water partition coefficient (Wildman–Crippen LogP) is 3.25. The summed E-state index contributed by atoms with van der Waals surface area (Å²) in [4.78, 5) is 40.5. The maximum atomic E-state index is 14.7. The highest BCUT2D eigenvalue weighted by atomic mass is 19.4. The van der Waals surface area contributed by atoms with Crippen LogP contribution in [0.5, 0.6) is 0 Å². The largest absolute Gasteiger partial charge is 0.490 e. The van der Waals surface area contributed by atoms with E-state index in [1.54, 1.807) is 10.7 Å². The number of piperidine rings is 1. The van der Waals surface area contributed by atoms with Crippen LogP contribution in [-0.4, -0.2) is 78.9 Å². The molecule has 44 heavy (non-hydrogen) atoms. The van der Waals surface area contributed by atoms with E-state index in [9.17, 15) is 27.2 Å². The van der Waals surface area contributed by atoms with Crippen LogP contribution in [0.2, 0.25) is 0 Å². The molecule has 7 rings (SSSR count). The minimum absolute atomic E-state index is 0.0132. The average Bonchev–Trinajstić information content (AvgIpc) is 3.30. The van der Waals surface area contributed by atoms with Crippen molar-refractivity contribution >= 4 is 34.2 Å². The molecule has 0 bridgehead atoms. The molecule has 232 valence electrons. The molecular formula is C29H28F4N6O5. The highest BCUT2D eigenvalue weighted by Crippen LogP contribution is 2.63.